The van der Waals surface area contributed by atoms with Gasteiger partial charge in [0.05, 0.1) is 31.4 Å². The highest BCUT2D eigenvalue weighted by atomic mass is 32.2. The lowest BCUT2D eigenvalue weighted by Crippen LogP contribution is -2.32. The second-order valence-electron chi connectivity index (χ2n) is 7.42. The van der Waals surface area contributed by atoms with Crippen LogP contribution >= 0.6 is 0 Å². The van der Waals surface area contributed by atoms with Gasteiger partial charge < -0.3 is 4.90 Å². The van der Waals surface area contributed by atoms with Crippen LogP contribution in [0, 0.1) is 0 Å². The van der Waals surface area contributed by atoms with Gasteiger partial charge in [0.1, 0.15) is 0 Å². The number of nitrogens with zero attached hydrogens (tertiary/aromatic N) is 2. The van der Waals surface area contributed by atoms with Gasteiger partial charge >= 0.3 is 0 Å². The third kappa shape index (κ3) is 8.58. The molecule has 3 aromatic carbocycles. The van der Waals surface area contributed by atoms with Gasteiger partial charge in [0.15, 0.2) is 0 Å². The van der Waals surface area contributed by atoms with Crippen molar-refractivity contribution < 1.29 is 25.2 Å². The number of aliphatic imine (C=N–C) groups is 1. The molecule has 0 atom stereocenters. The van der Waals surface area contributed by atoms with E-state index in [1.807, 2.05) is 60.7 Å². The van der Waals surface area contributed by atoms with Gasteiger partial charge in [0.2, 0.25) is 0 Å². The Morgan fingerprint density at radius 3 is 1.94 bits per heavy atom. The van der Waals surface area contributed by atoms with Gasteiger partial charge in [0, 0.05) is 25.0 Å². The molecule has 33 heavy (non-hydrogen) atoms. The molecule has 0 aliphatic heterocycles. The second kappa shape index (κ2) is 10.9. The average molecular weight is 491 g/mol. The van der Waals surface area contributed by atoms with Crippen LogP contribution in [0.1, 0.15) is 5.56 Å². The lowest BCUT2D eigenvalue weighted by molar-refractivity contribution is 0.309. The quantitative estimate of drug-likeness (QED) is 0.300. The van der Waals surface area contributed by atoms with E-state index in [1.54, 1.807) is 11.1 Å². The van der Waals surface area contributed by atoms with Crippen molar-refractivity contribution in [2.24, 2.45) is 4.99 Å². The molecule has 0 aliphatic rings. The van der Waals surface area contributed by atoms with Crippen LogP contribution in [0.25, 0.3) is 10.8 Å². The van der Waals surface area contributed by atoms with Gasteiger partial charge in [-0.25, -0.2) is 0 Å². The SMILES string of the molecule is CS(=O)(=O)OCCN(CCOS(C)(=O)=O)c1ccc(C=Nc2ccc3ccccc3c2)cc1. The molecule has 10 heteroatoms. The van der Waals surface area contributed by atoms with Crippen molar-refractivity contribution in [2.45, 2.75) is 0 Å². The van der Waals surface area contributed by atoms with E-state index in [0.29, 0.717) is 0 Å². The Morgan fingerprint density at radius 1 is 0.788 bits per heavy atom. The molecule has 0 aromatic heterocycles. The van der Waals surface area contributed by atoms with Crippen LogP contribution in [0.15, 0.2) is 71.7 Å². The van der Waals surface area contributed by atoms with Crippen LogP contribution in [-0.2, 0) is 28.6 Å². The molecule has 0 radical (unpaired) electrons. The number of fused-ring (bicyclic) bond motifs is 1. The molecule has 0 unspecified atom stereocenters. The van der Waals surface area contributed by atoms with E-state index in [9.17, 15) is 16.8 Å². The van der Waals surface area contributed by atoms with Crippen molar-refractivity contribution in [3.05, 3.63) is 72.3 Å². The molecule has 0 saturated carbocycles. The second-order valence-corrected chi connectivity index (χ2v) is 10.7. The number of hydrogen-bond acceptors (Lipinski definition) is 8. The first-order chi connectivity index (χ1) is 15.6. The minimum atomic E-state index is -3.57. The van der Waals surface area contributed by atoms with Crippen LogP contribution < -0.4 is 4.90 Å². The van der Waals surface area contributed by atoms with Crippen LogP contribution in [-0.4, -0.2) is 61.9 Å². The van der Waals surface area contributed by atoms with E-state index in [4.69, 9.17) is 8.37 Å². The van der Waals surface area contributed by atoms with E-state index < -0.39 is 20.2 Å². The maximum absolute atomic E-state index is 11.2. The first-order valence-electron chi connectivity index (χ1n) is 10.2. The predicted molar refractivity (Wildman–Crippen MR) is 131 cm³/mol. The zero-order valence-corrected chi connectivity index (χ0v) is 20.1. The Morgan fingerprint density at radius 2 is 1.36 bits per heavy atom. The summed E-state index contributed by atoms with van der Waals surface area (Å²) in [6.45, 7) is 0.348. The Labute approximate surface area is 194 Å². The normalized spacial score (nSPS) is 12.4. The smallest absolute Gasteiger partial charge is 0.264 e. The van der Waals surface area contributed by atoms with E-state index in [-0.39, 0.29) is 26.3 Å². The summed E-state index contributed by atoms with van der Waals surface area (Å²) in [7, 11) is -7.14. The van der Waals surface area contributed by atoms with Crippen molar-refractivity contribution in [3.63, 3.8) is 0 Å². The summed E-state index contributed by atoms with van der Waals surface area (Å²) >= 11 is 0. The van der Waals surface area contributed by atoms with Gasteiger partial charge in [-0.1, -0.05) is 42.5 Å². The van der Waals surface area contributed by atoms with Crippen LogP contribution in [0.3, 0.4) is 0 Å². The van der Waals surface area contributed by atoms with Crippen molar-refractivity contribution in [3.8, 4) is 0 Å². The van der Waals surface area contributed by atoms with Crippen molar-refractivity contribution >= 4 is 48.6 Å². The summed E-state index contributed by atoms with van der Waals surface area (Å²) in [5, 5.41) is 2.27. The lowest BCUT2D eigenvalue weighted by atomic mass is 10.1. The van der Waals surface area contributed by atoms with E-state index in [0.717, 1.165) is 40.2 Å². The predicted octanol–water partition coefficient (Wildman–Crippen LogP) is 3.35. The summed E-state index contributed by atoms with van der Waals surface area (Å²) in [6, 6.07) is 21.5. The molecule has 0 amide bonds. The largest absolute Gasteiger partial charge is 0.367 e. The minimum Gasteiger partial charge on any atom is -0.367 e. The zero-order valence-electron chi connectivity index (χ0n) is 18.4. The van der Waals surface area contributed by atoms with Crippen molar-refractivity contribution in [1.82, 2.24) is 0 Å². The third-order valence-electron chi connectivity index (χ3n) is 4.67. The molecule has 176 valence electrons. The molecule has 0 N–H and O–H groups in total. The van der Waals surface area contributed by atoms with Crippen molar-refractivity contribution in [1.29, 1.82) is 0 Å². The fourth-order valence-electron chi connectivity index (χ4n) is 3.14. The van der Waals surface area contributed by atoms with Gasteiger partial charge in [-0.2, -0.15) is 16.8 Å². The van der Waals surface area contributed by atoms with Gasteiger partial charge in [-0.15, -0.1) is 0 Å². The standard InChI is InChI=1S/C23H26N2O6S2/c1-32(26,27)30-15-13-25(14-16-31-33(2,28)29)23-11-7-19(8-12-23)18-24-22-10-9-20-5-3-4-6-21(20)17-22/h3-12,17-18H,13-16H2,1-2H3. The molecular weight excluding hydrogens is 464 g/mol. The molecule has 0 spiro atoms. The Bertz CT molecular complexity index is 1280. The maximum atomic E-state index is 11.2. The monoisotopic (exact) mass is 490 g/mol. The highest BCUT2D eigenvalue weighted by molar-refractivity contribution is 7.86. The minimum absolute atomic E-state index is 0.0666. The maximum Gasteiger partial charge on any atom is 0.264 e. The molecule has 0 aliphatic carbocycles. The molecule has 8 nitrogen and oxygen atoms in total. The summed E-state index contributed by atoms with van der Waals surface area (Å²) in [5.74, 6) is 0. The van der Waals surface area contributed by atoms with Gasteiger partial charge in [0.25, 0.3) is 20.2 Å². The molecule has 3 aromatic rings. The Balaban J connectivity index is 1.69. The molecular formula is C23H26N2O6S2. The van der Waals surface area contributed by atoms with Gasteiger partial charge in [-0.3, -0.25) is 13.4 Å². The molecule has 3 rings (SSSR count). The average Bonchev–Trinajstić information content (AvgIpc) is 2.75. The topological polar surface area (TPSA) is 102 Å². The molecule has 0 fully saturated rings. The number of benzene rings is 3. The van der Waals surface area contributed by atoms with Crippen LogP contribution in [0.2, 0.25) is 0 Å². The Kier molecular flexibility index (Phi) is 8.20. The summed E-state index contributed by atoms with van der Waals surface area (Å²) in [5.41, 5.74) is 2.49. The zero-order chi connectivity index (χ0) is 23.9. The number of hydrogen-bond donors (Lipinski definition) is 0. The summed E-state index contributed by atoms with van der Waals surface area (Å²) in [6.07, 6.45) is 3.72. The summed E-state index contributed by atoms with van der Waals surface area (Å²) in [4.78, 5) is 6.33. The molecule has 0 bridgehead atoms. The highest BCUT2D eigenvalue weighted by Crippen LogP contribution is 2.21. The van der Waals surface area contributed by atoms with E-state index >= 15 is 0 Å². The molecule has 0 saturated heterocycles. The Hall–Kier alpha value is -2.79. The lowest BCUT2D eigenvalue weighted by Gasteiger charge is -2.24. The fourth-order valence-corrected chi connectivity index (χ4v) is 3.90. The number of rotatable bonds is 11. The van der Waals surface area contributed by atoms with Crippen LogP contribution in [0.4, 0.5) is 11.4 Å². The highest BCUT2D eigenvalue weighted by Gasteiger charge is 2.11. The summed E-state index contributed by atoms with van der Waals surface area (Å²) < 4.78 is 54.6. The number of anilines is 1. The van der Waals surface area contributed by atoms with E-state index in [1.165, 1.54) is 0 Å². The third-order valence-corrected chi connectivity index (χ3v) is 5.86. The first kappa shape index (κ1) is 24.8. The first-order valence-corrected chi connectivity index (χ1v) is 13.8. The van der Waals surface area contributed by atoms with Crippen LogP contribution in [0.5, 0.6) is 0 Å². The van der Waals surface area contributed by atoms with Gasteiger partial charge in [-0.05, 0) is 40.6 Å². The van der Waals surface area contributed by atoms with E-state index in [2.05, 4.69) is 11.1 Å². The van der Waals surface area contributed by atoms with Crippen molar-refractivity contribution in [2.75, 3.05) is 43.7 Å². The molecule has 0 heterocycles. The fraction of sp³-hybridized carbons (Fsp3) is 0.261.